The van der Waals surface area contributed by atoms with Gasteiger partial charge in [0.15, 0.2) is 5.78 Å². The van der Waals surface area contributed by atoms with Gasteiger partial charge in [0.25, 0.3) is 12.9 Å². The average molecular weight is 269 g/mol. The van der Waals surface area contributed by atoms with Gasteiger partial charge in [0.1, 0.15) is 0 Å². The van der Waals surface area contributed by atoms with Crippen LogP contribution in [0.15, 0.2) is 18.2 Å². The van der Waals surface area contributed by atoms with E-state index in [0.717, 1.165) is 18.2 Å². The first-order valence-electron chi connectivity index (χ1n) is 4.73. The zero-order valence-corrected chi connectivity index (χ0v) is 9.52. The first kappa shape index (κ1) is 14.0. The van der Waals surface area contributed by atoms with Crippen molar-refractivity contribution in [2.75, 3.05) is 0 Å². The molecule has 1 aromatic rings. The van der Waals surface area contributed by atoms with Gasteiger partial charge in [-0.2, -0.15) is 0 Å². The van der Waals surface area contributed by atoms with E-state index in [-0.39, 0.29) is 5.56 Å². The fourth-order valence-electron chi connectivity index (χ4n) is 1.35. The summed E-state index contributed by atoms with van der Waals surface area (Å²) in [5, 5.41) is -0.891. The third kappa shape index (κ3) is 3.19. The Balaban J connectivity index is 3.23. The second-order valence-corrected chi connectivity index (χ2v) is 4.08. The van der Waals surface area contributed by atoms with E-state index in [1.165, 1.54) is 6.92 Å². The Kier molecular flexibility index (Phi) is 4.51. The van der Waals surface area contributed by atoms with E-state index in [1.54, 1.807) is 0 Å². The highest BCUT2D eigenvalue weighted by Crippen LogP contribution is 2.31. The number of rotatable bonds is 4. The van der Waals surface area contributed by atoms with Crippen LogP contribution in [0.5, 0.6) is 0 Å². The van der Waals surface area contributed by atoms with Gasteiger partial charge in [0.2, 0.25) is 0 Å². The maximum atomic E-state index is 12.6. The molecular weight excluding hydrogens is 260 g/mol. The number of alkyl halides is 5. The minimum absolute atomic E-state index is 0.0906. The van der Waals surface area contributed by atoms with E-state index < -0.39 is 35.1 Å². The van der Waals surface area contributed by atoms with Gasteiger partial charge in [0, 0.05) is 16.7 Å². The van der Waals surface area contributed by atoms with Crippen LogP contribution in [0, 0.1) is 0 Å². The molecule has 0 aromatic heterocycles. The van der Waals surface area contributed by atoms with Crippen molar-refractivity contribution >= 4 is 17.4 Å². The van der Waals surface area contributed by atoms with E-state index >= 15 is 0 Å². The van der Waals surface area contributed by atoms with Crippen molar-refractivity contribution in [2.45, 2.75) is 25.2 Å². The predicted molar refractivity (Wildman–Crippen MR) is 56.0 cm³/mol. The van der Waals surface area contributed by atoms with Gasteiger partial charge in [-0.05, 0) is 13.0 Å². The van der Waals surface area contributed by atoms with Crippen LogP contribution >= 0.6 is 11.6 Å². The van der Waals surface area contributed by atoms with E-state index in [0.29, 0.717) is 0 Å². The molecule has 0 heterocycles. The highest BCUT2D eigenvalue weighted by molar-refractivity contribution is 6.33. The molecule has 0 amide bonds. The largest absolute Gasteiger partial charge is 0.293 e. The molecule has 1 aromatic carbocycles. The van der Waals surface area contributed by atoms with Crippen molar-refractivity contribution in [1.82, 2.24) is 0 Å². The molecule has 0 spiro atoms. The number of Topliss-reactive ketones (excluding diaryl/α,β-unsaturated/α-hetero) is 1. The summed E-state index contributed by atoms with van der Waals surface area (Å²) in [6.07, 6.45) is -6.06. The average Bonchev–Trinajstić information content (AvgIpc) is 2.26. The van der Waals surface area contributed by atoms with Gasteiger partial charge in [0.05, 0.1) is 5.38 Å². The van der Waals surface area contributed by atoms with E-state index in [2.05, 4.69) is 0 Å². The van der Waals surface area contributed by atoms with Crippen molar-refractivity contribution in [3.63, 3.8) is 0 Å². The molecule has 0 saturated heterocycles. The zero-order chi connectivity index (χ0) is 13.2. The predicted octanol–water partition coefficient (Wildman–Crippen LogP) is 4.37. The van der Waals surface area contributed by atoms with Crippen LogP contribution in [-0.4, -0.2) is 11.2 Å². The van der Waals surface area contributed by atoms with Crippen LogP contribution in [-0.2, 0) is 0 Å². The van der Waals surface area contributed by atoms with Gasteiger partial charge in [-0.15, -0.1) is 11.6 Å². The molecule has 0 aliphatic carbocycles. The molecule has 94 valence electrons. The lowest BCUT2D eigenvalue weighted by Crippen LogP contribution is -2.11. The maximum absolute atomic E-state index is 12.6. The second kappa shape index (κ2) is 5.49. The van der Waals surface area contributed by atoms with E-state index in [1.807, 2.05) is 0 Å². The summed E-state index contributed by atoms with van der Waals surface area (Å²) >= 11 is 5.51. The van der Waals surface area contributed by atoms with Gasteiger partial charge >= 0.3 is 0 Å². The summed E-state index contributed by atoms with van der Waals surface area (Å²) in [6.45, 7) is 1.38. The molecule has 0 bridgehead atoms. The molecule has 0 aliphatic heterocycles. The smallest absolute Gasteiger partial charge is 0.264 e. The van der Waals surface area contributed by atoms with Crippen LogP contribution in [0.4, 0.5) is 17.6 Å². The number of carbonyl (C=O) groups excluding carboxylic acids is 1. The third-order valence-corrected chi connectivity index (χ3v) is 2.40. The van der Waals surface area contributed by atoms with Gasteiger partial charge in [-0.3, -0.25) is 4.79 Å². The lowest BCUT2D eigenvalue weighted by Gasteiger charge is -2.10. The molecule has 1 atom stereocenters. The molecular formula is C11H9ClF4O. The first-order valence-corrected chi connectivity index (χ1v) is 5.16. The van der Waals surface area contributed by atoms with Crippen molar-refractivity contribution < 1.29 is 22.4 Å². The Morgan fingerprint density at radius 2 is 1.65 bits per heavy atom. The molecule has 0 saturated carbocycles. The van der Waals surface area contributed by atoms with Gasteiger partial charge in [-0.25, -0.2) is 17.6 Å². The standard InChI is InChI=1S/C11H9ClF4O/c1-5(12)9(17)6-2-3-7(10(13)14)8(4-6)11(15)16/h2-5,10-11H,1H3. The normalized spacial score (nSPS) is 13.2. The number of benzene rings is 1. The Morgan fingerprint density at radius 1 is 1.12 bits per heavy atom. The van der Waals surface area contributed by atoms with Crippen LogP contribution in [0.25, 0.3) is 0 Å². The second-order valence-electron chi connectivity index (χ2n) is 3.43. The Hall–Kier alpha value is -1.10. The summed E-state index contributed by atoms with van der Waals surface area (Å²) in [4.78, 5) is 11.4. The van der Waals surface area contributed by atoms with Crippen LogP contribution in [0.3, 0.4) is 0 Å². The fourth-order valence-corrected chi connectivity index (χ4v) is 1.47. The topological polar surface area (TPSA) is 17.1 Å². The van der Waals surface area contributed by atoms with Crippen LogP contribution < -0.4 is 0 Å². The summed E-state index contributed by atoms with van der Waals surface area (Å²) in [5.41, 5.74) is -1.69. The van der Waals surface area contributed by atoms with E-state index in [9.17, 15) is 22.4 Å². The SMILES string of the molecule is CC(Cl)C(=O)c1ccc(C(F)F)c(C(F)F)c1. The minimum atomic E-state index is -3.06. The zero-order valence-electron chi connectivity index (χ0n) is 8.76. The summed E-state index contributed by atoms with van der Waals surface area (Å²) in [5.74, 6) is -0.575. The third-order valence-electron chi connectivity index (χ3n) is 2.20. The lowest BCUT2D eigenvalue weighted by atomic mass is 10.0. The molecule has 0 aliphatic rings. The molecule has 1 rings (SSSR count). The lowest BCUT2D eigenvalue weighted by molar-refractivity contribution is 0.0989. The van der Waals surface area contributed by atoms with Crippen molar-refractivity contribution in [3.8, 4) is 0 Å². The summed E-state index contributed by atoms with van der Waals surface area (Å²) in [6, 6.07) is 2.68. The number of ketones is 1. The van der Waals surface area contributed by atoms with Crippen molar-refractivity contribution in [2.24, 2.45) is 0 Å². The number of carbonyl (C=O) groups is 1. The van der Waals surface area contributed by atoms with Crippen molar-refractivity contribution in [1.29, 1.82) is 0 Å². The quantitative estimate of drug-likeness (QED) is 0.450. The Labute approximate surface area is 100 Å². The highest BCUT2D eigenvalue weighted by atomic mass is 35.5. The molecule has 0 radical (unpaired) electrons. The van der Waals surface area contributed by atoms with Gasteiger partial charge in [-0.1, -0.05) is 12.1 Å². The number of hydrogen-bond acceptors (Lipinski definition) is 1. The molecule has 1 unspecified atom stereocenters. The summed E-state index contributed by atoms with van der Waals surface area (Å²) < 4.78 is 50.0. The van der Waals surface area contributed by atoms with Crippen LogP contribution in [0.1, 0.15) is 41.3 Å². The summed E-state index contributed by atoms with van der Waals surface area (Å²) in [7, 11) is 0. The minimum Gasteiger partial charge on any atom is -0.293 e. The molecule has 17 heavy (non-hydrogen) atoms. The first-order chi connectivity index (χ1) is 7.84. The van der Waals surface area contributed by atoms with E-state index in [4.69, 9.17) is 11.6 Å². The number of hydrogen-bond donors (Lipinski definition) is 0. The van der Waals surface area contributed by atoms with Crippen LogP contribution in [0.2, 0.25) is 0 Å². The molecule has 0 fully saturated rings. The highest BCUT2D eigenvalue weighted by Gasteiger charge is 2.22. The molecule has 6 heteroatoms. The maximum Gasteiger partial charge on any atom is 0.264 e. The van der Waals surface area contributed by atoms with Gasteiger partial charge < -0.3 is 0 Å². The monoisotopic (exact) mass is 268 g/mol. The van der Waals surface area contributed by atoms with Crippen molar-refractivity contribution in [3.05, 3.63) is 34.9 Å². The molecule has 0 N–H and O–H groups in total. The fraction of sp³-hybridized carbons (Fsp3) is 0.364. The number of halogens is 5. The molecule has 1 nitrogen and oxygen atoms in total. The Bertz CT molecular complexity index is 418. The Morgan fingerprint density at radius 3 is 2.06 bits per heavy atom.